The average molecular weight is 189 g/mol. The Morgan fingerprint density at radius 3 is 2.86 bits per heavy atom. The molecule has 1 N–H and O–H groups in total. The third-order valence-corrected chi connectivity index (χ3v) is 2.25. The van der Waals surface area contributed by atoms with E-state index >= 15 is 0 Å². The first-order valence-electron chi connectivity index (χ1n) is 5.20. The monoisotopic (exact) mass is 189 g/mol. The van der Waals surface area contributed by atoms with Crippen LogP contribution in [0.3, 0.4) is 0 Å². The van der Waals surface area contributed by atoms with E-state index in [4.69, 9.17) is 0 Å². The lowest BCUT2D eigenvalue weighted by atomic mass is 10.0. The minimum absolute atomic E-state index is 0.287. The second kappa shape index (κ2) is 5.61. The number of nitrogens with one attached hydrogen (secondary N) is 1. The van der Waals surface area contributed by atoms with E-state index in [0.717, 1.165) is 13.0 Å². The Hall–Kier alpha value is -1.08. The van der Waals surface area contributed by atoms with Gasteiger partial charge in [0.15, 0.2) is 0 Å². The van der Waals surface area contributed by atoms with Crippen molar-refractivity contribution in [3.8, 4) is 0 Å². The highest BCUT2D eigenvalue weighted by molar-refractivity contribution is 5.27. The normalized spacial score (nSPS) is 12.4. The van der Waals surface area contributed by atoms with Crippen molar-refractivity contribution in [2.45, 2.75) is 26.3 Å². The maximum atomic E-state index is 3.86. The summed E-state index contributed by atoms with van der Waals surface area (Å²) in [6.45, 7) is 9.17. The lowest BCUT2D eigenvalue weighted by Crippen LogP contribution is -2.20. The summed E-state index contributed by atoms with van der Waals surface area (Å²) in [7, 11) is 0. The first-order chi connectivity index (χ1) is 6.77. The van der Waals surface area contributed by atoms with Gasteiger partial charge in [0.2, 0.25) is 0 Å². The Labute approximate surface area is 86.8 Å². The highest BCUT2D eigenvalue weighted by Gasteiger charge is 2.04. The molecule has 0 bridgehead atoms. The highest BCUT2D eigenvalue weighted by Crippen LogP contribution is 2.15. The summed E-state index contributed by atoms with van der Waals surface area (Å²) in [6, 6.07) is 8.84. The quantitative estimate of drug-likeness (QED) is 0.701. The molecule has 0 spiro atoms. The van der Waals surface area contributed by atoms with Crippen molar-refractivity contribution >= 4 is 0 Å². The number of aryl methyl sites for hydroxylation is 1. The fourth-order valence-corrected chi connectivity index (χ4v) is 1.50. The van der Waals surface area contributed by atoms with Gasteiger partial charge in [-0.2, -0.15) is 0 Å². The van der Waals surface area contributed by atoms with Gasteiger partial charge in [-0.3, -0.25) is 0 Å². The summed E-state index contributed by atoms with van der Waals surface area (Å²) in [5.41, 5.74) is 2.60. The SMILES string of the molecule is C=CC(NCCC)c1cccc(C)c1. The van der Waals surface area contributed by atoms with Crippen molar-refractivity contribution in [3.05, 3.63) is 48.0 Å². The number of hydrogen-bond donors (Lipinski definition) is 1. The van der Waals surface area contributed by atoms with Crippen LogP contribution in [0.5, 0.6) is 0 Å². The van der Waals surface area contributed by atoms with Gasteiger partial charge in [-0.15, -0.1) is 6.58 Å². The van der Waals surface area contributed by atoms with E-state index in [0.29, 0.717) is 0 Å². The Kier molecular flexibility index (Phi) is 4.41. The van der Waals surface area contributed by atoms with Gasteiger partial charge in [0, 0.05) is 0 Å². The van der Waals surface area contributed by atoms with E-state index in [-0.39, 0.29) is 6.04 Å². The van der Waals surface area contributed by atoms with Crippen molar-refractivity contribution in [2.75, 3.05) is 6.54 Å². The van der Waals surface area contributed by atoms with Crippen molar-refractivity contribution in [1.29, 1.82) is 0 Å². The first-order valence-corrected chi connectivity index (χ1v) is 5.20. The molecule has 1 atom stereocenters. The standard InChI is InChI=1S/C13H19N/c1-4-9-14-13(5-2)12-8-6-7-11(3)10-12/h5-8,10,13-14H,2,4,9H2,1,3H3. The smallest absolute Gasteiger partial charge is 0.0503 e. The molecule has 1 rings (SSSR count). The lowest BCUT2D eigenvalue weighted by molar-refractivity contribution is 0.613. The fourth-order valence-electron chi connectivity index (χ4n) is 1.50. The van der Waals surface area contributed by atoms with Crippen LogP contribution >= 0.6 is 0 Å². The molecule has 0 aliphatic carbocycles. The largest absolute Gasteiger partial charge is 0.307 e. The van der Waals surface area contributed by atoms with Crippen molar-refractivity contribution in [1.82, 2.24) is 5.32 Å². The lowest BCUT2D eigenvalue weighted by Gasteiger charge is -2.14. The van der Waals surface area contributed by atoms with Crippen molar-refractivity contribution < 1.29 is 0 Å². The van der Waals surface area contributed by atoms with Gasteiger partial charge in [-0.25, -0.2) is 0 Å². The molecule has 0 amide bonds. The Bertz CT molecular complexity index is 291. The van der Waals surface area contributed by atoms with E-state index in [1.807, 2.05) is 6.08 Å². The van der Waals surface area contributed by atoms with Crippen LogP contribution in [0.2, 0.25) is 0 Å². The van der Waals surface area contributed by atoms with Crippen LogP contribution in [0.4, 0.5) is 0 Å². The van der Waals surface area contributed by atoms with E-state index in [9.17, 15) is 0 Å². The minimum atomic E-state index is 0.287. The molecule has 0 saturated heterocycles. The molecule has 0 aliphatic rings. The van der Waals surface area contributed by atoms with Crippen LogP contribution in [-0.2, 0) is 0 Å². The zero-order chi connectivity index (χ0) is 10.4. The molecule has 1 nitrogen and oxygen atoms in total. The van der Waals surface area contributed by atoms with Crippen LogP contribution in [0.25, 0.3) is 0 Å². The first kappa shape index (κ1) is 11.0. The Morgan fingerprint density at radius 2 is 2.29 bits per heavy atom. The summed E-state index contributed by atoms with van der Waals surface area (Å²) in [5.74, 6) is 0. The van der Waals surface area contributed by atoms with Crippen molar-refractivity contribution in [3.63, 3.8) is 0 Å². The van der Waals surface area contributed by atoms with Crippen molar-refractivity contribution in [2.24, 2.45) is 0 Å². The molecule has 76 valence electrons. The van der Waals surface area contributed by atoms with E-state index in [2.05, 4.69) is 50.0 Å². The molecular weight excluding hydrogens is 170 g/mol. The molecule has 0 aromatic heterocycles. The summed E-state index contributed by atoms with van der Waals surface area (Å²) in [5, 5.41) is 3.44. The summed E-state index contributed by atoms with van der Waals surface area (Å²) < 4.78 is 0. The molecule has 1 aromatic rings. The summed E-state index contributed by atoms with van der Waals surface area (Å²) >= 11 is 0. The summed E-state index contributed by atoms with van der Waals surface area (Å²) in [4.78, 5) is 0. The molecule has 0 fully saturated rings. The summed E-state index contributed by atoms with van der Waals surface area (Å²) in [6.07, 6.45) is 3.11. The molecule has 1 heteroatoms. The highest BCUT2D eigenvalue weighted by atomic mass is 14.9. The molecule has 0 aliphatic heterocycles. The number of benzene rings is 1. The Morgan fingerprint density at radius 1 is 1.50 bits per heavy atom. The van der Waals surface area contributed by atoms with Gasteiger partial charge in [-0.1, -0.05) is 42.8 Å². The van der Waals surface area contributed by atoms with Gasteiger partial charge in [0.1, 0.15) is 0 Å². The number of hydrogen-bond acceptors (Lipinski definition) is 1. The van der Waals surface area contributed by atoms with Gasteiger partial charge in [-0.05, 0) is 25.5 Å². The predicted octanol–water partition coefficient (Wildman–Crippen LogP) is 3.22. The van der Waals surface area contributed by atoms with Gasteiger partial charge in [0.05, 0.1) is 6.04 Å². The van der Waals surface area contributed by atoms with Crippen LogP contribution in [0.15, 0.2) is 36.9 Å². The second-order valence-corrected chi connectivity index (χ2v) is 3.58. The minimum Gasteiger partial charge on any atom is -0.307 e. The third kappa shape index (κ3) is 3.00. The van der Waals surface area contributed by atoms with Crippen LogP contribution in [-0.4, -0.2) is 6.54 Å². The maximum absolute atomic E-state index is 3.86. The van der Waals surface area contributed by atoms with Gasteiger partial charge >= 0.3 is 0 Å². The van der Waals surface area contributed by atoms with Gasteiger partial charge < -0.3 is 5.32 Å². The molecule has 1 unspecified atom stereocenters. The van der Waals surface area contributed by atoms with Crippen LogP contribution in [0.1, 0.15) is 30.5 Å². The van der Waals surface area contributed by atoms with Crippen LogP contribution < -0.4 is 5.32 Å². The van der Waals surface area contributed by atoms with E-state index < -0.39 is 0 Å². The molecule has 0 heterocycles. The molecule has 1 aromatic carbocycles. The third-order valence-electron chi connectivity index (χ3n) is 2.25. The zero-order valence-electron chi connectivity index (χ0n) is 9.09. The zero-order valence-corrected chi connectivity index (χ0v) is 9.09. The molecule has 0 radical (unpaired) electrons. The van der Waals surface area contributed by atoms with E-state index in [1.54, 1.807) is 0 Å². The molecule has 0 saturated carbocycles. The number of rotatable bonds is 5. The van der Waals surface area contributed by atoms with E-state index in [1.165, 1.54) is 11.1 Å². The average Bonchev–Trinajstić information content (AvgIpc) is 2.19. The predicted molar refractivity (Wildman–Crippen MR) is 62.4 cm³/mol. The van der Waals surface area contributed by atoms with Gasteiger partial charge in [0.25, 0.3) is 0 Å². The fraction of sp³-hybridized carbons (Fsp3) is 0.385. The van der Waals surface area contributed by atoms with Crippen LogP contribution in [0, 0.1) is 6.92 Å². The Balaban J connectivity index is 2.73. The molecular formula is C13H19N. The second-order valence-electron chi connectivity index (χ2n) is 3.58. The topological polar surface area (TPSA) is 12.0 Å². The maximum Gasteiger partial charge on any atom is 0.0503 e. The molecule has 14 heavy (non-hydrogen) atoms.